The van der Waals surface area contributed by atoms with Gasteiger partial charge in [0.2, 0.25) is 5.91 Å². The van der Waals surface area contributed by atoms with E-state index in [0.29, 0.717) is 25.0 Å². The number of carbonyl (C=O) groups is 1. The predicted octanol–water partition coefficient (Wildman–Crippen LogP) is 4.07. The highest BCUT2D eigenvalue weighted by Gasteiger charge is 2.37. The van der Waals surface area contributed by atoms with Gasteiger partial charge in [0.05, 0.1) is 11.1 Å². The van der Waals surface area contributed by atoms with Gasteiger partial charge in [-0.1, -0.05) is 0 Å². The molecule has 0 radical (unpaired) electrons. The highest BCUT2D eigenvalue weighted by molar-refractivity contribution is 5.94. The van der Waals surface area contributed by atoms with E-state index in [1.807, 2.05) is 0 Å². The van der Waals surface area contributed by atoms with Crippen molar-refractivity contribution < 1.29 is 31.1 Å². The summed E-state index contributed by atoms with van der Waals surface area (Å²) in [6, 6.07) is 1.01. The van der Waals surface area contributed by atoms with E-state index >= 15 is 0 Å². The molecule has 1 amide bonds. The minimum atomic E-state index is -4.92. The Hall–Kier alpha value is -1.73. The van der Waals surface area contributed by atoms with Crippen LogP contribution in [0.3, 0.4) is 0 Å². The molecular formula is C12H9F6NO. The lowest BCUT2D eigenvalue weighted by atomic mass is 10.1. The summed E-state index contributed by atoms with van der Waals surface area (Å²) in [5.41, 5.74) is -3.39. The molecule has 0 bridgehead atoms. The van der Waals surface area contributed by atoms with Gasteiger partial charge < -0.3 is 5.32 Å². The van der Waals surface area contributed by atoms with Crippen molar-refractivity contribution in [3.63, 3.8) is 0 Å². The van der Waals surface area contributed by atoms with Gasteiger partial charge in [0.1, 0.15) is 0 Å². The zero-order valence-electron chi connectivity index (χ0n) is 9.90. The monoisotopic (exact) mass is 297 g/mol. The molecule has 0 saturated heterocycles. The lowest BCUT2D eigenvalue weighted by Gasteiger charge is -2.14. The fourth-order valence-corrected chi connectivity index (χ4v) is 1.62. The summed E-state index contributed by atoms with van der Waals surface area (Å²) in [4.78, 5) is 11.4. The highest BCUT2D eigenvalue weighted by Crippen LogP contribution is 2.38. The molecule has 1 aromatic rings. The molecule has 0 aromatic heterocycles. The van der Waals surface area contributed by atoms with E-state index < -0.39 is 35.1 Å². The third-order valence-electron chi connectivity index (χ3n) is 2.80. The molecule has 1 aromatic carbocycles. The number of hydrogen-bond acceptors (Lipinski definition) is 1. The third kappa shape index (κ3) is 3.43. The van der Waals surface area contributed by atoms with Crippen LogP contribution in [-0.2, 0) is 17.1 Å². The average molecular weight is 297 g/mol. The Morgan fingerprint density at radius 1 is 0.950 bits per heavy atom. The number of nitrogens with one attached hydrogen (secondary N) is 1. The minimum absolute atomic E-state index is 0.0206. The van der Waals surface area contributed by atoms with Crippen molar-refractivity contribution in [1.82, 2.24) is 0 Å². The molecule has 0 spiro atoms. The molecule has 2 rings (SSSR count). The maximum atomic E-state index is 12.6. The van der Waals surface area contributed by atoms with Gasteiger partial charge in [-0.15, -0.1) is 0 Å². The number of carbonyl (C=O) groups excluding carboxylic acids is 1. The van der Waals surface area contributed by atoms with Crippen LogP contribution < -0.4 is 5.32 Å². The minimum Gasteiger partial charge on any atom is -0.326 e. The van der Waals surface area contributed by atoms with Crippen LogP contribution in [0.1, 0.15) is 24.0 Å². The summed E-state index contributed by atoms with van der Waals surface area (Å²) in [7, 11) is 0. The van der Waals surface area contributed by atoms with Crippen molar-refractivity contribution in [2.75, 3.05) is 5.32 Å². The maximum absolute atomic E-state index is 12.6. The SMILES string of the molecule is O=C(Nc1cc(C(F)(F)F)cc(C(F)(F)F)c1)C1CC1. The molecule has 0 heterocycles. The summed E-state index contributed by atoms with van der Waals surface area (Å²) in [5, 5.41) is 2.09. The van der Waals surface area contributed by atoms with Crippen LogP contribution in [0.25, 0.3) is 0 Å². The number of amides is 1. The molecule has 0 atom stereocenters. The van der Waals surface area contributed by atoms with E-state index in [-0.39, 0.29) is 12.0 Å². The van der Waals surface area contributed by atoms with Gasteiger partial charge in [0.25, 0.3) is 0 Å². The molecule has 1 N–H and O–H groups in total. The Balaban J connectivity index is 2.37. The predicted molar refractivity (Wildman–Crippen MR) is 57.8 cm³/mol. The first-order valence-corrected chi connectivity index (χ1v) is 5.68. The quantitative estimate of drug-likeness (QED) is 0.819. The first kappa shape index (κ1) is 14.7. The number of hydrogen-bond donors (Lipinski definition) is 1. The molecule has 1 saturated carbocycles. The van der Waals surface area contributed by atoms with Gasteiger partial charge >= 0.3 is 12.4 Å². The van der Waals surface area contributed by atoms with Crippen LogP contribution in [0.5, 0.6) is 0 Å². The first-order valence-electron chi connectivity index (χ1n) is 5.68. The van der Waals surface area contributed by atoms with Crippen molar-refractivity contribution in [2.45, 2.75) is 25.2 Å². The van der Waals surface area contributed by atoms with Gasteiger partial charge in [-0.2, -0.15) is 26.3 Å². The van der Waals surface area contributed by atoms with Crippen molar-refractivity contribution in [2.24, 2.45) is 5.92 Å². The molecule has 110 valence electrons. The summed E-state index contributed by atoms with van der Waals surface area (Å²) in [5.74, 6) is -0.878. The van der Waals surface area contributed by atoms with Crippen molar-refractivity contribution in [3.05, 3.63) is 29.3 Å². The highest BCUT2D eigenvalue weighted by atomic mass is 19.4. The fraction of sp³-hybridized carbons (Fsp3) is 0.417. The van der Waals surface area contributed by atoms with Crippen LogP contribution in [-0.4, -0.2) is 5.91 Å². The van der Waals surface area contributed by atoms with E-state index in [2.05, 4.69) is 5.32 Å². The lowest BCUT2D eigenvalue weighted by Crippen LogP contribution is -2.16. The Kier molecular flexibility index (Phi) is 3.43. The van der Waals surface area contributed by atoms with Crippen LogP contribution in [0.4, 0.5) is 32.0 Å². The topological polar surface area (TPSA) is 29.1 Å². The second-order valence-corrected chi connectivity index (χ2v) is 4.56. The smallest absolute Gasteiger partial charge is 0.326 e. The fourth-order valence-electron chi connectivity index (χ4n) is 1.62. The summed E-state index contributed by atoms with van der Waals surface area (Å²) < 4.78 is 75.4. The van der Waals surface area contributed by atoms with Gasteiger partial charge in [-0.25, -0.2) is 0 Å². The molecule has 20 heavy (non-hydrogen) atoms. The second-order valence-electron chi connectivity index (χ2n) is 4.56. The molecule has 1 aliphatic carbocycles. The zero-order chi connectivity index (χ0) is 15.1. The number of anilines is 1. The standard InChI is InChI=1S/C12H9F6NO/c13-11(14,15)7-3-8(12(16,17)18)5-9(4-7)19-10(20)6-1-2-6/h3-6H,1-2H2,(H,19,20). The summed E-state index contributed by atoms with van der Waals surface area (Å²) in [6.07, 6.45) is -8.64. The van der Waals surface area contributed by atoms with Gasteiger partial charge in [0.15, 0.2) is 0 Å². The molecule has 8 heteroatoms. The molecule has 0 aliphatic heterocycles. The van der Waals surface area contributed by atoms with Crippen LogP contribution in [0, 0.1) is 5.92 Å². The average Bonchev–Trinajstić information content (AvgIpc) is 3.09. The summed E-state index contributed by atoms with van der Waals surface area (Å²) >= 11 is 0. The molecule has 1 aliphatic rings. The first-order chi connectivity index (χ1) is 9.07. The van der Waals surface area contributed by atoms with Gasteiger partial charge in [-0.05, 0) is 31.0 Å². The van der Waals surface area contributed by atoms with E-state index in [1.165, 1.54) is 0 Å². The Morgan fingerprint density at radius 2 is 1.40 bits per heavy atom. The Bertz CT molecular complexity index is 497. The van der Waals surface area contributed by atoms with E-state index in [1.54, 1.807) is 0 Å². The second kappa shape index (κ2) is 4.68. The van der Waals surface area contributed by atoms with Crippen molar-refractivity contribution in [1.29, 1.82) is 0 Å². The number of rotatable bonds is 2. The normalized spacial score (nSPS) is 16.1. The lowest BCUT2D eigenvalue weighted by molar-refractivity contribution is -0.143. The maximum Gasteiger partial charge on any atom is 0.416 e. The number of alkyl halides is 6. The Morgan fingerprint density at radius 3 is 1.75 bits per heavy atom. The third-order valence-corrected chi connectivity index (χ3v) is 2.80. The van der Waals surface area contributed by atoms with Crippen molar-refractivity contribution in [3.8, 4) is 0 Å². The number of benzene rings is 1. The zero-order valence-corrected chi connectivity index (χ0v) is 9.90. The van der Waals surface area contributed by atoms with E-state index in [9.17, 15) is 31.1 Å². The molecular weight excluding hydrogens is 288 g/mol. The van der Waals surface area contributed by atoms with Gasteiger partial charge in [-0.3, -0.25) is 4.79 Å². The largest absolute Gasteiger partial charge is 0.416 e. The van der Waals surface area contributed by atoms with Gasteiger partial charge in [0, 0.05) is 11.6 Å². The number of halogens is 6. The van der Waals surface area contributed by atoms with Crippen LogP contribution in [0.15, 0.2) is 18.2 Å². The van der Waals surface area contributed by atoms with Crippen LogP contribution >= 0.6 is 0 Å². The van der Waals surface area contributed by atoms with Crippen molar-refractivity contribution >= 4 is 11.6 Å². The molecule has 0 unspecified atom stereocenters. The summed E-state index contributed by atoms with van der Waals surface area (Å²) in [6.45, 7) is 0. The molecule has 1 fully saturated rings. The van der Waals surface area contributed by atoms with E-state index in [4.69, 9.17) is 0 Å². The molecule has 2 nitrogen and oxygen atoms in total. The Labute approximate surface area is 109 Å². The van der Waals surface area contributed by atoms with E-state index in [0.717, 1.165) is 0 Å². The van der Waals surface area contributed by atoms with Crippen LogP contribution in [0.2, 0.25) is 0 Å².